The Bertz CT molecular complexity index is 572. The molecule has 0 heterocycles. The molecule has 1 aromatic carbocycles. The van der Waals surface area contributed by atoms with Crippen molar-refractivity contribution in [1.82, 2.24) is 5.32 Å². The highest BCUT2D eigenvalue weighted by Crippen LogP contribution is 2.44. The summed E-state index contributed by atoms with van der Waals surface area (Å²) in [7, 11) is 0. The molecule has 2 amide bonds. The van der Waals surface area contributed by atoms with Crippen LogP contribution in [-0.2, 0) is 4.79 Å². The van der Waals surface area contributed by atoms with Gasteiger partial charge >= 0.3 is 0 Å². The van der Waals surface area contributed by atoms with Gasteiger partial charge in [-0.1, -0.05) is 26.8 Å². The first kappa shape index (κ1) is 16.5. The van der Waals surface area contributed by atoms with E-state index in [-0.39, 0.29) is 23.8 Å². The Balaban J connectivity index is 1.98. The Labute approximate surface area is 131 Å². The van der Waals surface area contributed by atoms with Crippen molar-refractivity contribution in [3.63, 3.8) is 0 Å². The molecule has 0 aliphatic heterocycles. The molecule has 5 nitrogen and oxygen atoms in total. The van der Waals surface area contributed by atoms with E-state index in [1.54, 1.807) is 24.3 Å². The second-order valence-corrected chi connectivity index (χ2v) is 7.13. The largest absolute Gasteiger partial charge is 0.396 e. The first-order valence-electron chi connectivity index (χ1n) is 7.56. The number of rotatable bonds is 5. The molecule has 120 valence electrons. The SMILES string of the molecule is CC(C)(C)C(=O)Nc1cccc(C(=O)NCC2(CO)CC2)c1. The van der Waals surface area contributed by atoms with Crippen LogP contribution in [-0.4, -0.2) is 30.1 Å². The highest BCUT2D eigenvalue weighted by molar-refractivity contribution is 5.98. The number of hydrogen-bond acceptors (Lipinski definition) is 3. The van der Waals surface area contributed by atoms with Crippen molar-refractivity contribution >= 4 is 17.5 Å². The van der Waals surface area contributed by atoms with Crippen LogP contribution < -0.4 is 10.6 Å². The summed E-state index contributed by atoms with van der Waals surface area (Å²) in [6, 6.07) is 6.88. The molecule has 0 spiro atoms. The third-order valence-electron chi connectivity index (χ3n) is 3.98. The van der Waals surface area contributed by atoms with Gasteiger partial charge in [0.1, 0.15) is 0 Å². The predicted octanol–water partition coefficient (Wildman–Crippen LogP) is 2.17. The van der Waals surface area contributed by atoms with E-state index in [4.69, 9.17) is 0 Å². The van der Waals surface area contributed by atoms with Gasteiger partial charge in [-0.25, -0.2) is 0 Å². The third-order valence-corrected chi connectivity index (χ3v) is 3.98. The average Bonchev–Trinajstić information content (AvgIpc) is 3.24. The molecule has 0 saturated heterocycles. The van der Waals surface area contributed by atoms with Crippen molar-refractivity contribution in [3.05, 3.63) is 29.8 Å². The molecular weight excluding hydrogens is 280 g/mol. The monoisotopic (exact) mass is 304 g/mol. The summed E-state index contributed by atoms with van der Waals surface area (Å²) in [6.07, 6.45) is 1.90. The number of anilines is 1. The molecular formula is C17H24N2O3. The van der Waals surface area contributed by atoms with Crippen molar-refractivity contribution in [2.75, 3.05) is 18.5 Å². The summed E-state index contributed by atoms with van der Waals surface area (Å²) >= 11 is 0. The van der Waals surface area contributed by atoms with E-state index in [1.807, 2.05) is 20.8 Å². The van der Waals surface area contributed by atoms with Gasteiger partial charge in [-0.05, 0) is 31.0 Å². The van der Waals surface area contributed by atoms with E-state index >= 15 is 0 Å². The zero-order chi connectivity index (χ0) is 16.4. The second-order valence-electron chi connectivity index (χ2n) is 7.13. The minimum absolute atomic E-state index is 0.0951. The predicted molar refractivity (Wildman–Crippen MR) is 85.6 cm³/mol. The number of carbonyl (C=O) groups excluding carboxylic acids is 2. The molecule has 1 fully saturated rings. The molecule has 0 radical (unpaired) electrons. The number of carbonyl (C=O) groups is 2. The molecule has 1 saturated carbocycles. The Morgan fingerprint density at radius 3 is 2.50 bits per heavy atom. The lowest BCUT2D eigenvalue weighted by atomic mass is 9.95. The van der Waals surface area contributed by atoms with Gasteiger partial charge in [-0.15, -0.1) is 0 Å². The van der Waals surface area contributed by atoms with Crippen LogP contribution in [0.5, 0.6) is 0 Å². The van der Waals surface area contributed by atoms with E-state index in [2.05, 4.69) is 10.6 Å². The highest BCUT2D eigenvalue weighted by Gasteiger charge is 2.42. The zero-order valence-corrected chi connectivity index (χ0v) is 13.4. The summed E-state index contributed by atoms with van der Waals surface area (Å²) in [5.41, 5.74) is 0.502. The Morgan fingerprint density at radius 2 is 1.95 bits per heavy atom. The average molecular weight is 304 g/mol. The molecule has 22 heavy (non-hydrogen) atoms. The van der Waals surface area contributed by atoms with E-state index in [1.165, 1.54) is 0 Å². The molecule has 0 unspecified atom stereocenters. The van der Waals surface area contributed by atoms with E-state index < -0.39 is 5.41 Å². The number of benzene rings is 1. The van der Waals surface area contributed by atoms with Crippen LogP contribution >= 0.6 is 0 Å². The fourth-order valence-electron chi connectivity index (χ4n) is 1.99. The van der Waals surface area contributed by atoms with Gasteiger partial charge in [0.15, 0.2) is 0 Å². The van der Waals surface area contributed by atoms with Crippen molar-refractivity contribution in [2.24, 2.45) is 10.8 Å². The maximum absolute atomic E-state index is 12.2. The number of aliphatic hydroxyl groups is 1. The van der Waals surface area contributed by atoms with Gasteiger partial charge in [0.2, 0.25) is 5.91 Å². The van der Waals surface area contributed by atoms with E-state index in [0.29, 0.717) is 17.8 Å². The number of amides is 2. The molecule has 0 bridgehead atoms. The molecule has 2 rings (SSSR count). The molecule has 0 aromatic heterocycles. The maximum Gasteiger partial charge on any atom is 0.251 e. The van der Waals surface area contributed by atoms with Crippen LogP contribution in [0.4, 0.5) is 5.69 Å². The summed E-state index contributed by atoms with van der Waals surface area (Å²) in [6.45, 7) is 6.10. The number of aliphatic hydroxyl groups excluding tert-OH is 1. The van der Waals surface area contributed by atoms with Crippen LogP contribution in [0.1, 0.15) is 44.0 Å². The molecule has 5 heteroatoms. The number of nitrogens with one attached hydrogen (secondary N) is 2. The van der Waals surface area contributed by atoms with Crippen LogP contribution in [0.15, 0.2) is 24.3 Å². The maximum atomic E-state index is 12.2. The zero-order valence-electron chi connectivity index (χ0n) is 13.4. The Kier molecular flexibility index (Phi) is 4.56. The Hall–Kier alpha value is -1.88. The van der Waals surface area contributed by atoms with Gasteiger partial charge in [0, 0.05) is 28.6 Å². The lowest BCUT2D eigenvalue weighted by molar-refractivity contribution is -0.123. The first-order valence-corrected chi connectivity index (χ1v) is 7.56. The van der Waals surface area contributed by atoms with Crippen LogP contribution in [0.25, 0.3) is 0 Å². The summed E-state index contributed by atoms with van der Waals surface area (Å²) in [4.78, 5) is 24.1. The normalized spacial score (nSPS) is 16.0. The van der Waals surface area contributed by atoms with Gasteiger partial charge in [0.25, 0.3) is 5.91 Å². The summed E-state index contributed by atoms with van der Waals surface area (Å²) < 4.78 is 0. The van der Waals surface area contributed by atoms with Crippen molar-refractivity contribution in [1.29, 1.82) is 0 Å². The minimum Gasteiger partial charge on any atom is -0.396 e. The van der Waals surface area contributed by atoms with Gasteiger partial charge < -0.3 is 15.7 Å². The standard InChI is InChI=1S/C17H24N2O3/c1-16(2,3)15(22)19-13-6-4-5-12(9-13)14(21)18-10-17(11-20)7-8-17/h4-6,9,20H,7-8,10-11H2,1-3H3,(H,18,21)(H,19,22). The summed E-state index contributed by atoms with van der Waals surface area (Å²) in [5.74, 6) is -0.283. The number of hydrogen-bond donors (Lipinski definition) is 3. The topological polar surface area (TPSA) is 78.4 Å². The fourth-order valence-corrected chi connectivity index (χ4v) is 1.99. The molecule has 1 aromatic rings. The summed E-state index contributed by atoms with van der Waals surface area (Å²) in [5, 5.41) is 14.9. The lowest BCUT2D eigenvalue weighted by Crippen LogP contribution is -2.32. The van der Waals surface area contributed by atoms with Crippen LogP contribution in [0.3, 0.4) is 0 Å². The van der Waals surface area contributed by atoms with Crippen molar-refractivity contribution in [3.8, 4) is 0 Å². The second kappa shape index (κ2) is 6.08. The van der Waals surface area contributed by atoms with Crippen LogP contribution in [0, 0.1) is 10.8 Å². The Morgan fingerprint density at radius 1 is 1.27 bits per heavy atom. The minimum atomic E-state index is -0.488. The quantitative estimate of drug-likeness (QED) is 0.780. The van der Waals surface area contributed by atoms with E-state index in [9.17, 15) is 14.7 Å². The molecule has 0 atom stereocenters. The highest BCUT2D eigenvalue weighted by atomic mass is 16.3. The van der Waals surface area contributed by atoms with Gasteiger partial charge in [0.05, 0.1) is 6.61 Å². The van der Waals surface area contributed by atoms with Gasteiger partial charge in [-0.3, -0.25) is 9.59 Å². The van der Waals surface area contributed by atoms with Gasteiger partial charge in [-0.2, -0.15) is 0 Å². The fraction of sp³-hybridized carbons (Fsp3) is 0.529. The molecule has 1 aliphatic rings. The molecule has 1 aliphatic carbocycles. The molecule has 3 N–H and O–H groups in total. The lowest BCUT2D eigenvalue weighted by Gasteiger charge is -2.18. The first-order chi connectivity index (χ1) is 10.3. The van der Waals surface area contributed by atoms with Crippen molar-refractivity contribution in [2.45, 2.75) is 33.6 Å². The third kappa shape index (κ3) is 4.07. The van der Waals surface area contributed by atoms with E-state index in [0.717, 1.165) is 12.8 Å². The smallest absolute Gasteiger partial charge is 0.251 e. The van der Waals surface area contributed by atoms with Crippen LogP contribution in [0.2, 0.25) is 0 Å². The van der Waals surface area contributed by atoms with Crippen molar-refractivity contribution < 1.29 is 14.7 Å².